The number of halogens is 2. The first kappa shape index (κ1) is 17.2. The average molecular weight is 368 g/mol. The van der Waals surface area contributed by atoms with Crippen molar-refractivity contribution in [1.82, 2.24) is 0 Å². The summed E-state index contributed by atoms with van der Waals surface area (Å²) < 4.78 is 5.80. The fraction of sp³-hybridized carbons (Fsp3) is 0.500. The molecule has 1 heterocycles. The van der Waals surface area contributed by atoms with Crippen molar-refractivity contribution in [3.05, 3.63) is 32.3 Å². The van der Waals surface area contributed by atoms with Crippen LogP contribution in [0.2, 0.25) is 0 Å². The van der Waals surface area contributed by atoms with Gasteiger partial charge < -0.3 is 15.6 Å². The van der Waals surface area contributed by atoms with Gasteiger partial charge in [-0.25, -0.2) is 0 Å². The first-order valence-corrected chi connectivity index (χ1v) is 6.80. The number of nitro benzene ring substituents is 1. The molecular formula is C12H16BrClN2O4. The molecule has 1 aliphatic heterocycles. The van der Waals surface area contributed by atoms with Gasteiger partial charge in [0.1, 0.15) is 0 Å². The van der Waals surface area contributed by atoms with Gasteiger partial charge in [-0.3, -0.25) is 10.1 Å². The molecule has 1 aliphatic rings. The van der Waals surface area contributed by atoms with E-state index >= 15 is 0 Å². The highest BCUT2D eigenvalue weighted by atomic mass is 79.9. The van der Waals surface area contributed by atoms with Crippen molar-refractivity contribution in [2.45, 2.75) is 18.9 Å². The van der Waals surface area contributed by atoms with E-state index in [-0.39, 0.29) is 29.8 Å². The minimum absolute atomic E-state index is 0. The second-order valence-corrected chi connectivity index (χ2v) is 5.51. The molecule has 1 atom stereocenters. The zero-order chi connectivity index (χ0) is 14.0. The van der Waals surface area contributed by atoms with Gasteiger partial charge in [-0.15, -0.1) is 12.4 Å². The Morgan fingerprint density at radius 1 is 1.45 bits per heavy atom. The summed E-state index contributed by atoms with van der Waals surface area (Å²) in [4.78, 5) is 10.3. The first-order valence-electron chi connectivity index (χ1n) is 6.01. The molecule has 0 bridgehead atoms. The smallest absolute Gasteiger partial charge is 0.312 e. The van der Waals surface area contributed by atoms with Crippen LogP contribution in [0, 0.1) is 16.0 Å². The minimum Gasteiger partial charge on any atom is -0.502 e. The number of nitro groups is 1. The predicted molar refractivity (Wildman–Crippen MR) is 80.2 cm³/mol. The molecule has 1 aromatic rings. The Bertz CT molecular complexity index is 495. The maximum atomic E-state index is 10.9. The Morgan fingerprint density at radius 2 is 2.05 bits per heavy atom. The molecule has 6 nitrogen and oxygen atoms in total. The number of hydrogen-bond donors (Lipinski definition) is 2. The van der Waals surface area contributed by atoms with Crippen LogP contribution in [0.25, 0.3) is 0 Å². The molecule has 2 rings (SSSR count). The van der Waals surface area contributed by atoms with Gasteiger partial charge in [0.15, 0.2) is 5.75 Å². The lowest BCUT2D eigenvalue weighted by Crippen LogP contribution is -2.27. The summed E-state index contributed by atoms with van der Waals surface area (Å²) in [7, 11) is 0. The molecule has 0 amide bonds. The molecule has 0 aromatic heterocycles. The number of phenolic OH excluding ortho intramolecular Hbond substituents is 1. The van der Waals surface area contributed by atoms with Gasteiger partial charge in [-0.05, 0) is 24.8 Å². The summed E-state index contributed by atoms with van der Waals surface area (Å²) in [6, 6.07) is 2.48. The van der Waals surface area contributed by atoms with Crippen LogP contribution in [0.4, 0.5) is 5.69 Å². The largest absolute Gasteiger partial charge is 0.502 e. The zero-order valence-corrected chi connectivity index (χ0v) is 13.0. The number of nitrogens with zero attached hydrogens (tertiary/aromatic N) is 1. The SMILES string of the molecule is Cl.N[C@H](c1cc(Br)cc([N+](=O)[O-])c1O)C1CCOCC1. The summed E-state index contributed by atoms with van der Waals surface area (Å²) in [5, 5.41) is 20.9. The van der Waals surface area contributed by atoms with Crippen molar-refractivity contribution < 1.29 is 14.8 Å². The molecule has 1 saturated heterocycles. The topological polar surface area (TPSA) is 98.6 Å². The number of benzene rings is 1. The normalized spacial score (nSPS) is 17.3. The van der Waals surface area contributed by atoms with Crippen LogP contribution in [-0.2, 0) is 4.74 Å². The molecule has 0 saturated carbocycles. The van der Waals surface area contributed by atoms with Crippen LogP contribution in [0.1, 0.15) is 24.4 Å². The number of rotatable bonds is 3. The Hall–Kier alpha value is -0.890. The first-order chi connectivity index (χ1) is 9.00. The Kier molecular flexibility index (Phi) is 6.19. The maximum Gasteiger partial charge on any atom is 0.312 e. The monoisotopic (exact) mass is 366 g/mol. The fourth-order valence-corrected chi connectivity index (χ4v) is 2.79. The number of phenols is 1. The van der Waals surface area contributed by atoms with E-state index in [1.807, 2.05) is 0 Å². The van der Waals surface area contributed by atoms with Gasteiger partial charge in [0.25, 0.3) is 0 Å². The fourth-order valence-electron chi connectivity index (χ4n) is 2.33. The van der Waals surface area contributed by atoms with Crippen LogP contribution in [0.3, 0.4) is 0 Å². The molecule has 8 heteroatoms. The lowest BCUT2D eigenvalue weighted by atomic mass is 9.87. The predicted octanol–water partition coefficient (Wildman–Crippen LogP) is 2.91. The average Bonchev–Trinajstić information content (AvgIpc) is 2.41. The van der Waals surface area contributed by atoms with Crippen molar-refractivity contribution >= 4 is 34.0 Å². The minimum atomic E-state index is -0.611. The van der Waals surface area contributed by atoms with Crippen LogP contribution in [-0.4, -0.2) is 23.2 Å². The molecule has 0 unspecified atom stereocenters. The van der Waals surface area contributed by atoms with Crippen LogP contribution < -0.4 is 5.73 Å². The lowest BCUT2D eigenvalue weighted by Gasteiger charge is -2.28. The van der Waals surface area contributed by atoms with E-state index in [4.69, 9.17) is 10.5 Å². The molecule has 0 spiro atoms. The second-order valence-electron chi connectivity index (χ2n) is 4.60. The van der Waals surface area contributed by atoms with Crippen molar-refractivity contribution in [2.24, 2.45) is 11.7 Å². The van der Waals surface area contributed by atoms with E-state index < -0.39 is 11.0 Å². The summed E-state index contributed by atoms with van der Waals surface area (Å²) in [5.74, 6) is -0.180. The van der Waals surface area contributed by atoms with Crippen LogP contribution in [0.5, 0.6) is 5.75 Å². The second kappa shape index (κ2) is 7.21. The highest BCUT2D eigenvalue weighted by Gasteiger charge is 2.28. The lowest BCUT2D eigenvalue weighted by molar-refractivity contribution is -0.386. The van der Waals surface area contributed by atoms with E-state index in [9.17, 15) is 15.2 Å². The third-order valence-electron chi connectivity index (χ3n) is 3.41. The molecule has 112 valence electrons. The Balaban J connectivity index is 0.00000200. The van der Waals surface area contributed by atoms with Crippen molar-refractivity contribution in [2.75, 3.05) is 13.2 Å². The van der Waals surface area contributed by atoms with Crippen LogP contribution in [0.15, 0.2) is 16.6 Å². The van der Waals surface area contributed by atoms with E-state index in [0.717, 1.165) is 12.8 Å². The number of hydrogen-bond acceptors (Lipinski definition) is 5. The van der Waals surface area contributed by atoms with Gasteiger partial charge in [0, 0.05) is 35.4 Å². The van der Waals surface area contributed by atoms with Gasteiger partial charge in [-0.1, -0.05) is 15.9 Å². The molecule has 0 aliphatic carbocycles. The molecule has 3 N–H and O–H groups in total. The van der Waals surface area contributed by atoms with E-state index in [2.05, 4.69) is 15.9 Å². The van der Waals surface area contributed by atoms with Crippen molar-refractivity contribution in [3.63, 3.8) is 0 Å². The summed E-state index contributed by atoms with van der Waals surface area (Å²) in [6.45, 7) is 1.27. The molecule has 1 fully saturated rings. The van der Waals surface area contributed by atoms with E-state index in [1.165, 1.54) is 6.07 Å². The van der Waals surface area contributed by atoms with Gasteiger partial charge in [0.05, 0.1) is 4.92 Å². The van der Waals surface area contributed by atoms with Crippen molar-refractivity contribution in [3.8, 4) is 5.75 Å². The number of aromatic hydroxyl groups is 1. The third kappa shape index (κ3) is 3.60. The quantitative estimate of drug-likeness (QED) is 0.632. The molecule has 20 heavy (non-hydrogen) atoms. The van der Waals surface area contributed by atoms with Gasteiger partial charge in [0.2, 0.25) is 0 Å². The van der Waals surface area contributed by atoms with Gasteiger partial charge in [-0.2, -0.15) is 0 Å². The summed E-state index contributed by atoms with van der Waals surface area (Å²) >= 11 is 3.21. The third-order valence-corrected chi connectivity index (χ3v) is 3.87. The molecule has 1 aromatic carbocycles. The standard InChI is InChI=1S/C12H15BrN2O4.ClH/c13-8-5-9(12(16)10(6-8)15(17)18)11(14)7-1-3-19-4-2-7;/h5-7,11,16H,1-4,14H2;1H/t11-;/m0./s1. The Labute approximate surface area is 131 Å². The zero-order valence-electron chi connectivity index (χ0n) is 10.6. The number of nitrogens with two attached hydrogens (primary N) is 1. The van der Waals surface area contributed by atoms with Gasteiger partial charge >= 0.3 is 5.69 Å². The van der Waals surface area contributed by atoms with Crippen LogP contribution >= 0.6 is 28.3 Å². The van der Waals surface area contributed by atoms with E-state index in [1.54, 1.807) is 6.07 Å². The highest BCUT2D eigenvalue weighted by molar-refractivity contribution is 9.10. The Morgan fingerprint density at radius 3 is 2.60 bits per heavy atom. The van der Waals surface area contributed by atoms with E-state index in [0.29, 0.717) is 23.2 Å². The molecular weight excluding hydrogens is 351 g/mol. The number of ether oxygens (including phenoxy) is 1. The highest BCUT2D eigenvalue weighted by Crippen LogP contribution is 2.39. The maximum absolute atomic E-state index is 10.9. The summed E-state index contributed by atoms with van der Waals surface area (Å²) in [6.07, 6.45) is 1.59. The van der Waals surface area contributed by atoms with Crippen molar-refractivity contribution in [1.29, 1.82) is 0 Å². The summed E-state index contributed by atoms with van der Waals surface area (Å²) in [5.41, 5.74) is 6.23. The molecule has 0 radical (unpaired) electrons.